The Morgan fingerprint density at radius 1 is 0.419 bits per heavy atom. The van der Waals surface area contributed by atoms with Gasteiger partial charge in [0, 0.05) is 24.2 Å². The van der Waals surface area contributed by atoms with Crippen LogP contribution >= 0.6 is 0 Å². The predicted molar refractivity (Wildman–Crippen MR) is 125 cm³/mol. The van der Waals surface area contributed by atoms with Crippen LogP contribution < -0.4 is 22.9 Å². The van der Waals surface area contributed by atoms with Gasteiger partial charge >= 0.3 is 0 Å². The summed E-state index contributed by atoms with van der Waals surface area (Å²) in [5, 5.41) is 0. The van der Waals surface area contributed by atoms with Crippen molar-refractivity contribution < 1.29 is 23.7 Å². The lowest BCUT2D eigenvalue weighted by atomic mass is 10.2. The van der Waals surface area contributed by atoms with E-state index >= 15 is 0 Å². The summed E-state index contributed by atoms with van der Waals surface area (Å²) in [6, 6.07) is 0.0182. The van der Waals surface area contributed by atoms with E-state index in [1.165, 1.54) is 0 Å². The van der Waals surface area contributed by atoms with E-state index in [1.54, 1.807) is 0 Å². The van der Waals surface area contributed by atoms with Gasteiger partial charge in [0.15, 0.2) is 0 Å². The average molecular weight is 451 g/mol. The summed E-state index contributed by atoms with van der Waals surface area (Å²) >= 11 is 0. The monoisotopic (exact) mass is 450 g/mol. The van der Waals surface area contributed by atoms with E-state index in [0.717, 1.165) is 25.7 Å². The third-order valence-electron chi connectivity index (χ3n) is 5.07. The van der Waals surface area contributed by atoms with E-state index in [2.05, 4.69) is 0 Å². The number of nitrogens with two attached hydrogens (primary N) is 4. The maximum Gasteiger partial charge on any atom is 0.104 e. The molecule has 0 saturated carbocycles. The van der Waals surface area contributed by atoms with Crippen LogP contribution in [0.2, 0.25) is 0 Å². The first-order chi connectivity index (χ1) is 14.9. The standard InChI is InChI=1S/C22H50N4O5/c1-5-17(23)9-27-13-21(30-11-19(25)7-3)15-29-16-22(31-12-20(26)8-4)14-28-10-18(24)6-2/h17-22H,5-16,23-26H2,1-4H3. The van der Waals surface area contributed by atoms with E-state index in [4.69, 9.17) is 46.6 Å². The van der Waals surface area contributed by atoms with Gasteiger partial charge in [0.1, 0.15) is 12.2 Å². The highest BCUT2D eigenvalue weighted by molar-refractivity contribution is 4.66. The lowest BCUT2D eigenvalue weighted by Gasteiger charge is -2.24. The van der Waals surface area contributed by atoms with Gasteiger partial charge in [0.2, 0.25) is 0 Å². The molecule has 0 aromatic carbocycles. The Labute approximate surface area is 189 Å². The Morgan fingerprint density at radius 3 is 0.968 bits per heavy atom. The van der Waals surface area contributed by atoms with Crippen LogP contribution in [-0.4, -0.2) is 89.2 Å². The number of hydrogen-bond acceptors (Lipinski definition) is 9. The Balaban J connectivity index is 4.56. The number of hydrogen-bond donors (Lipinski definition) is 4. The molecule has 0 radical (unpaired) electrons. The molecule has 9 nitrogen and oxygen atoms in total. The SMILES string of the molecule is CCC(N)COCC(COCC(COCC(N)CC)OCC(N)CC)OCC(N)CC. The molecule has 0 heterocycles. The highest BCUT2D eigenvalue weighted by Crippen LogP contribution is 2.04. The second-order valence-corrected chi connectivity index (χ2v) is 8.20. The van der Waals surface area contributed by atoms with Crippen LogP contribution in [-0.2, 0) is 23.7 Å². The zero-order valence-electron chi connectivity index (χ0n) is 20.3. The maximum atomic E-state index is 5.98. The van der Waals surface area contributed by atoms with Crippen molar-refractivity contribution in [3.8, 4) is 0 Å². The highest BCUT2D eigenvalue weighted by atomic mass is 16.6. The summed E-state index contributed by atoms with van der Waals surface area (Å²) in [6.45, 7) is 11.6. The third-order valence-corrected chi connectivity index (χ3v) is 5.07. The molecule has 0 saturated heterocycles. The molecule has 188 valence electrons. The topological polar surface area (TPSA) is 150 Å². The van der Waals surface area contributed by atoms with E-state index in [9.17, 15) is 0 Å². The van der Waals surface area contributed by atoms with Crippen molar-refractivity contribution in [2.75, 3.05) is 52.9 Å². The van der Waals surface area contributed by atoms with Crippen LogP contribution in [0.15, 0.2) is 0 Å². The van der Waals surface area contributed by atoms with Gasteiger partial charge in [-0.25, -0.2) is 0 Å². The Morgan fingerprint density at radius 2 is 0.677 bits per heavy atom. The molecule has 0 spiro atoms. The summed E-state index contributed by atoms with van der Waals surface area (Å²) in [5.74, 6) is 0. The van der Waals surface area contributed by atoms with Crippen LogP contribution in [0, 0.1) is 0 Å². The van der Waals surface area contributed by atoms with Gasteiger partial charge < -0.3 is 46.6 Å². The number of ether oxygens (including phenoxy) is 5. The first-order valence-corrected chi connectivity index (χ1v) is 11.8. The quantitative estimate of drug-likeness (QED) is 0.187. The fourth-order valence-corrected chi connectivity index (χ4v) is 2.31. The molecule has 0 amide bonds. The van der Waals surface area contributed by atoms with Crippen molar-refractivity contribution in [2.45, 2.75) is 89.8 Å². The molecule has 0 rings (SSSR count). The van der Waals surface area contributed by atoms with Crippen LogP contribution in [0.4, 0.5) is 0 Å². The largest absolute Gasteiger partial charge is 0.377 e. The first kappa shape index (κ1) is 30.6. The van der Waals surface area contributed by atoms with Gasteiger partial charge in [-0.2, -0.15) is 0 Å². The van der Waals surface area contributed by atoms with Crippen molar-refractivity contribution in [2.24, 2.45) is 22.9 Å². The predicted octanol–water partition coefficient (Wildman–Crippen LogP) is 0.756. The highest BCUT2D eigenvalue weighted by Gasteiger charge is 2.17. The zero-order chi connectivity index (χ0) is 23.5. The third kappa shape index (κ3) is 17.8. The molecule has 0 aromatic heterocycles. The molecule has 0 aliphatic heterocycles. The second kappa shape index (κ2) is 20.3. The Bertz CT molecular complexity index is 361. The van der Waals surface area contributed by atoms with Crippen molar-refractivity contribution in [1.82, 2.24) is 0 Å². The van der Waals surface area contributed by atoms with Gasteiger partial charge in [-0.3, -0.25) is 0 Å². The fourth-order valence-electron chi connectivity index (χ4n) is 2.31. The molecule has 6 unspecified atom stereocenters. The molecule has 0 aromatic rings. The average Bonchev–Trinajstić information content (AvgIpc) is 2.78. The summed E-state index contributed by atoms with van der Waals surface area (Å²) in [5.41, 5.74) is 23.8. The van der Waals surface area contributed by atoms with Crippen LogP contribution in [0.25, 0.3) is 0 Å². The molecule has 8 N–H and O–H groups in total. The minimum atomic E-state index is -0.227. The van der Waals surface area contributed by atoms with Gasteiger partial charge in [0.05, 0.1) is 52.9 Å². The zero-order valence-corrected chi connectivity index (χ0v) is 20.3. The summed E-state index contributed by atoms with van der Waals surface area (Å²) in [7, 11) is 0. The van der Waals surface area contributed by atoms with Gasteiger partial charge in [-0.15, -0.1) is 0 Å². The first-order valence-electron chi connectivity index (χ1n) is 11.8. The molecule has 0 fully saturated rings. The molecular formula is C22H50N4O5. The lowest BCUT2D eigenvalue weighted by molar-refractivity contribution is -0.0988. The fraction of sp³-hybridized carbons (Fsp3) is 1.00. The summed E-state index contributed by atoms with van der Waals surface area (Å²) in [6.07, 6.45) is 2.97. The molecule has 6 atom stereocenters. The van der Waals surface area contributed by atoms with Crippen molar-refractivity contribution in [3.63, 3.8) is 0 Å². The van der Waals surface area contributed by atoms with Crippen molar-refractivity contribution in [3.05, 3.63) is 0 Å². The number of rotatable bonds is 22. The minimum Gasteiger partial charge on any atom is -0.377 e. The normalized spacial score (nSPS) is 17.8. The molecule has 9 heteroatoms. The van der Waals surface area contributed by atoms with Crippen LogP contribution in [0.5, 0.6) is 0 Å². The summed E-state index contributed by atoms with van der Waals surface area (Å²) in [4.78, 5) is 0. The molecule has 0 bridgehead atoms. The summed E-state index contributed by atoms with van der Waals surface area (Å²) < 4.78 is 29.1. The Hall–Kier alpha value is -0.360. The van der Waals surface area contributed by atoms with Gasteiger partial charge in [-0.05, 0) is 25.7 Å². The minimum absolute atomic E-state index is 0.0109. The molecule has 0 aliphatic carbocycles. The maximum absolute atomic E-state index is 5.98. The van der Waals surface area contributed by atoms with E-state index < -0.39 is 0 Å². The lowest BCUT2D eigenvalue weighted by Crippen LogP contribution is -2.37. The van der Waals surface area contributed by atoms with Crippen molar-refractivity contribution >= 4 is 0 Å². The van der Waals surface area contributed by atoms with Crippen molar-refractivity contribution in [1.29, 1.82) is 0 Å². The Kier molecular flexibility index (Phi) is 20.0. The molecular weight excluding hydrogens is 400 g/mol. The van der Waals surface area contributed by atoms with Gasteiger partial charge in [-0.1, -0.05) is 27.7 Å². The van der Waals surface area contributed by atoms with E-state index in [1.807, 2.05) is 27.7 Å². The van der Waals surface area contributed by atoms with Crippen LogP contribution in [0.3, 0.4) is 0 Å². The molecule has 0 aliphatic rings. The smallest absolute Gasteiger partial charge is 0.104 e. The van der Waals surface area contributed by atoms with Gasteiger partial charge in [0.25, 0.3) is 0 Å². The molecule has 31 heavy (non-hydrogen) atoms. The van der Waals surface area contributed by atoms with E-state index in [0.29, 0.717) is 52.9 Å². The second-order valence-electron chi connectivity index (χ2n) is 8.20. The van der Waals surface area contributed by atoms with Crippen LogP contribution in [0.1, 0.15) is 53.4 Å². The van der Waals surface area contributed by atoms with E-state index in [-0.39, 0.29) is 36.4 Å².